The van der Waals surface area contributed by atoms with E-state index in [1.807, 2.05) is 18.2 Å². The van der Waals surface area contributed by atoms with Crippen molar-refractivity contribution in [3.63, 3.8) is 0 Å². The third kappa shape index (κ3) is 5.18. The van der Waals surface area contributed by atoms with Crippen molar-refractivity contribution < 1.29 is 9.84 Å². The van der Waals surface area contributed by atoms with Gasteiger partial charge >= 0.3 is 0 Å². The maximum Gasteiger partial charge on any atom is 0.119 e. The fraction of sp³-hybridized carbons (Fsp3) is 0.389. The minimum Gasteiger partial charge on any atom is -0.494 e. The summed E-state index contributed by atoms with van der Waals surface area (Å²) >= 11 is 1.66. The Hall–Kier alpha value is -1.83. The van der Waals surface area contributed by atoms with E-state index in [0.717, 1.165) is 48.5 Å². The number of nitrogens with zero attached hydrogens (tertiary/aromatic N) is 1. The molecular weight excluding hydrogens is 294 g/mol. The largest absolute Gasteiger partial charge is 0.494 e. The van der Waals surface area contributed by atoms with Gasteiger partial charge in [-0.05, 0) is 61.2 Å². The van der Waals surface area contributed by atoms with E-state index in [4.69, 9.17) is 15.1 Å². The molecule has 2 rings (SSSR count). The number of unbranched alkanes of at least 4 members (excludes halogenated alkanes) is 3. The van der Waals surface area contributed by atoms with E-state index in [-0.39, 0.29) is 6.61 Å². The molecule has 1 aromatic carbocycles. The second-order valence-corrected chi connectivity index (χ2v) is 6.28. The standard InChI is InChI=1S/C18H21NO2S/c19-12-11-17-9-10-18(22-17)15-5-7-16(8-6-15)21-14-4-2-1-3-13-20/h5-10,20H,1-4,11,13-14H2. The minimum atomic E-state index is 0.279. The van der Waals surface area contributed by atoms with Crippen molar-refractivity contribution in [1.29, 1.82) is 5.26 Å². The molecule has 0 unspecified atom stereocenters. The maximum absolute atomic E-state index is 8.71. The van der Waals surface area contributed by atoms with Gasteiger partial charge in [0.1, 0.15) is 5.75 Å². The smallest absolute Gasteiger partial charge is 0.119 e. The number of ether oxygens (including phenoxy) is 1. The number of thiophene rings is 1. The van der Waals surface area contributed by atoms with Crippen molar-refractivity contribution >= 4 is 11.3 Å². The lowest BCUT2D eigenvalue weighted by molar-refractivity contribution is 0.273. The first kappa shape index (κ1) is 16.5. The number of nitriles is 1. The summed E-state index contributed by atoms with van der Waals surface area (Å²) in [6, 6.07) is 14.4. The molecule has 1 N–H and O–H groups in total. The lowest BCUT2D eigenvalue weighted by Gasteiger charge is -2.06. The average Bonchev–Trinajstić information content (AvgIpc) is 3.00. The summed E-state index contributed by atoms with van der Waals surface area (Å²) in [5.41, 5.74) is 1.16. The van der Waals surface area contributed by atoms with Gasteiger partial charge in [0.15, 0.2) is 0 Å². The number of aliphatic hydroxyl groups is 1. The molecular formula is C18H21NO2S. The van der Waals surface area contributed by atoms with E-state index < -0.39 is 0 Å². The first-order valence-electron chi connectivity index (χ1n) is 7.63. The summed E-state index contributed by atoms with van der Waals surface area (Å²) in [5.74, 6) is 0.889. The zero-order valence-corrected chi connectivity index (χ0v) is 13.4. The Labute approximate surface area is 135 Å². The highest BCUT2D eigenvalue weighted by molar-refractivity contribution is 7.15. The Morgan fingerprint density at radius 2 is 1.77 bits per heavy atom. The average molecular weight is 315 g/mol. The van der Waals surface area contributed by atoms with Crippen LogP contribution in [0.3, 0.4) is 0 Å². The van der Waals surface area contributed by atoms with Gasteiger partial charge in [0.05, 0.1) is 19.1 Å². The lowest BCUT2D eigenvalue weighted by atomic mass is 10.2. The van der Waals surface area contributed by atoms with Crippen LogP contribution >= 0.6 is 11.3 Å². The Kier molecular flexibility index (Phi) is 6.95. The summed E-state index contributed by atoms with van der Waals surface area (Å²) in [6.45, 7) is 0.997. The molecule has 0 aliphatic rings. The van der Waals surface area contributed by atoms with Crippen LogP contribution in [0.1, 0.15) is 30.6 Å². The SMILES string of the molecule is N#CCc1ccc(-c2ccc(OCCCCCCO)cc2)s1. The molecule has 1 heterocycles. The number of benzene rings is 1. The monoisotopic (exact) mass is 315 g/mol. The summed E-state index contributed by atoms with van der Waals surface area (Å²) in [5, 5.41) is 17.4. The van der Waals surface area contributed by atoms with E-state index in [2.05, 4.69) is 24.3 Å². The Morgan fingerprint density at radius 1 is 1.00 bits per heavy atom. The minimum absolute atomic E-state index is 0.279. The molecule has 4 heteroatoms. The van der Waals surface area contributed by atoms with Gasteiger partial charge in [-0.3, -0.25) is 0 Å². The second-order valence-electron chi connectivity index (χ2n) is 5.11. The maximum atomic E-state index is 8.71. The van der Waals surface area contributed by atoms with Gasteiger partial charge in [-0.2, -0.15) is 5.26 Å². The van der Waals surface area contributed by atoms with Gasteiger partial charge in [0.25, 0.3) is 0 Å². The van der Waals surface area contributed by atoms with Gasteiger partial charge in [-0.1, -0.05) is 6.42 Å². The first-order chi connectivity index (χ1) is 10.8. The van der Waals surface area contributed by atoms with Crippen molar-refractivity contribution in [2.45, 2.75) is 32.1 Å². The quantitative estimate of drug-likeness (QED) is 0.697. The molecule has 3 nitrogen and oxygen atoms in total. The zero-order valence-electron chi connectivity index (χ0n) is 12.6. The fourth-order valence-corrected chi connectivity index (χ4v) is 3.12. The van der Waals surface area contributed by atoms with E-state index in [1.54, 1.807) is 11.3 Å². The van der Waals surface area contributed by atoms with Crippen LogP contribution in [0.15, 0.2) is 36.4 Å². The first-order valence-corrected chi connectivity index (χ1v) is 8.45. The highest BCUT2D eigenvalue weighted by Crippen LogP contribution is 2.29. The number of hydrogen-bond donors (Lipinski definition) is 1. The van der Waals surface area contributed by atoms with E-state index >= 15 is 0 Å². The predicted octanol–water partition coefficient (Wildman–Crippen LogP) is 4.41. The van der Waals surface area contributed by atoms with Crippen LogP contribution in [0, 0.1) is 11.3 Å². The zero-order chi connectivity index (χ0) is 15.6. The van der Waals surface area contributed by atoms with Crippen LogP contribution in [0.25, 0.3) is 10.4 Å². The Bertz CT molecular complexity index is 598. The molecule has 0 bridgehead atoms. The van der Waals surface area contributed by atoms with Crippen LogP contribution in [-0.4, -0.2) is 18.3 Å². The van der Waals surface area contributed by atoms with Crippen LogP contribution in [0.4, 0.5) is 0 Å². The normalized spacial score (nSPS) is 10.4. The van der Waals surface area contributed by atoms with Gasteiger partial charge in [0.2, 0.25) is 0 Å². The van der Waals surface area contributed by atoms with Crippen LogP contribution < -0.4 is 4.74 Å². The highest BCUT2D eigenvalue weighted by atomic mass is 32.1. The van der Waals surface area contributed by atoms with Crippen LogP contribution in [0.5, 0.6) is 5.75 Å². The fourth-order valence-electron chi connectivity index (χ4n) is 2.18. The molecule has 0 atom stereocenters. The van der Waals surface area contributed by atoms with Gasteiger partial charge in [-0.25, -0.2) is 0 Å². The van der Waals surface area contributed by atoms with Gasteiger partial charge in [0, 0.05) is 16.4 Å². The molecule has 22 heavy (non-hydrogen) atoms. The van der Waals surface area contributed by atoms with Gasteiger partial charge in [-0.15, -0.1) is 11.3 Å². The molecule has 116 valence electrons. The molecule has 0 saturated heterocycles. The molecule has 0 fully saturated rings. The molecule has 0 aliphatic carbocycles. The Balaban J connectivity index is 1.81. The third-order valence-electron chi connectivity index (χ3n) is 3.37. The predicted molar refractivity (Wildman–Crippen MR) is 90.1 cm³/mol. The topological polar surface area (TPSA) is 53.2 Å². The van der Waals surface area contributed by atoms with Crippen molar-refractivity contribution in [3.05, 3.63) is 41.3 Å². The molecule has 0 saturated carbocycles. The second kappa shape index (κ2) is 9.24. The summed E-state index contributed by atoms with van der Waals surface area (Å²) in [4.78, 5) is 2.28. The molecule has 0 aliphatic heterocycles. The van der Waals surface area contributed by atoms with E-state index in [1.165, 1.54) is 4.88 Å². The lowest BCUT2D eigenvalue weighted by Crippen LogP contribution is -1.97. The molecule has 0 amide bonds. The third-order valence-corrected chi connectivity index (χ3v) is 4.51. The summed E-state index contributed by atoms with van der Waals surface area (Å²) < 4.78 is 5.72. The van der Waals surface area contributed by atoms with E-state index in [9.17, 15) is 0 Å². The van der Waals surface area contributed by atoms with E-state index in [0.29, 0.717) is 6.42 Å². The number of aliphatic hydroxyl groups excluding tert-OH is 1. The van der Waals surface area contributed by atoms with Crippen LogP contribution in [-0.2, 0) is 6.42 Å². The molecule has 0 spiro atoms. The highest BCUT2D eigenvalue weighted by Gasteiger charge is 2.03. The molecule has 2 aromatic rings. The van der Waals surface area contributed by atoms with Crippen molar-refractivity contribution in [2.24, 2.45) is 0 Å². The van der Waals surface area contributed by atoms with Crippen molar-refractivity contribution in [2.75, 3.05) is 13.2 Å². The summed E-state index contributed by atoms with van der Waals surface area (Å²) in [6.07, 6.45) is 4.52. The van der Waals surface area contributed by atoms with Crippen LogP contribution in [0.2, 0.25) is 0 Å². The molecule has 1 aromatic heterocycles. The Morgan fingerprint density at radius 3 is 2.50 bits per heavy atom. The number of hydrogen-bond acceptors (Lipinski definition) is 4. The summed E-state index contributed by atoms with van der Waals surface area (Å²) in [7, 11) is 0. The van der Waals surface area contributed by atoms with Crippen molar-refractivity contribution in [3.8, 4) is 22.3 Å². The number of rotatable bonds is 9. The van der Waals surface area contributed by atoms with Crippen molar-refractivity contribution in [1.82, 2.24) is 0 Å². The molecule has 0 radical (unpaired) electrons. The van der Waals surface area contributed by atoms with Gasteiger partial charge < -0.3 is 9.84 Å².